The number of aromatic amines is 1. The molecule has 78 valence electrons. The Morgan fingerprint density at radius 2 is 2.40 bits per heavy atom. The van der Waals surface area contributed by atoms with Gasteiger partial charge in [0, 0.05) is 18.9 Å². The van der Waals surface area contributed by atoms with E-state index < -0.39 is 0 Å². The quantitative estimate of drug-likeness (QED) is 0.684. The first-order chi connectivity index (χ1) is 7.25. The second kappa shape index (κ2) is 3.95. The molecule has 4 N–H and O–H groups in total. The smallest absolute Gasteiger partial charge is 0.243 e. The summed E-state index contributed by atoms with van der Waals surface area (Å²) in [6.45, 7) is 2.67. The first-order valence-corrected chi connectivity index (χ1v) is 4.57. The summed E-state index contributed by atoms with van der Waals surface area (Å²) in [5, 5.41) is 9.50. The van der Waals surface area contributed by atoms with Crippen molar-refractivity contribution in [1.29, 1.82) is 0 Å². The molecule has 0 amide bonds. The number of nitrogen functional groups attached to an aromatic ring is 1. The van der Waals surface area contributed by atoms with Crippen molar-refractivity contribution in [2.24, 2.45) is 0 Å². The predicted molar refractivity (Wildman–Crippen MR) is 57.1 cm³/mol. The van der Waals surface area contributed by atoms with Crippen molar-refractivity contribution in [3.8, 4) is 0 Å². The molecule has 0 atom stereocenters. The number of hydrogen-bond donors (Lipinski definition) is 3. The molecule has 0 saturated heterocycles. The summed E-state index contributed by atoms with van der Waals surface area (Å²) in [6.07, 6.45) is 3.58. The number of H-pyrrole nitrogens is 1. The highest BCUT2D eigenvalue weighted by molar-refractivity contribution is 5.32. The van der Waals surface area contributed by atoms with Gasteiger partial charge in [-0.2, -0.15) is 4.98 Å². The SMILES string of the molecule is Cc1cnccc1CNc1n[nH]c(N)n1. The Kier molecular flexibility index (Phi) is 2.49. The zero-order valence-electron chi connectivity index (χ0n) is 8.36. The summed E-state index contributed by atoms with van der Waals surface area (Å²) in [6, 6.07) is 1.96. The molecule has 0 saturated carbocycles. The molecule has 0 fully saturated rings. The van der Waals surface area contributed by atoms with Crippen LogP contribution in [-0.2, 0) is 6.54 Å². The van der Waals surface area contributed by atoms with Crippen LogP contribution in [0.25, 0.3) is 0 Å². The van der Waals surface area contributed by atoms with E-state index in [4.69, 9.17) is 5.73 Å². The van der Waals surface area contributed by atoms with E-state index in [0.717, 1.165) is 11.1 Å². The van der Waals surface area contributed by atoms with Gasteiger partial charge in [-0.3, -0.25) is 4.98 Å². The van der Waals surface area contributed by atoms with Crippen LogP contribution in [0.15, 0.2) is 18.5 Å². The zero-order valence-corrected chi connectivity index (χ0v) is 8.36. The number of nitrogens with zero attached hydrogens (tertiary/aromatic N) is 3. The summed E-state index contributed by atoms with van der Waals surface area (Å²) < 4.78 is 0. The lowest BCUT2D eigenvalue weighted by Crippen LogP contribution is -2.03. The summed E-state index contributed by atoms with van der Waals surface area (Å²) in [7, 11) is 0. The Balaban J connectivity index is 2.02. The molecule has 2 aromatic heterocycles. The monoisotopic (exact) mass is 204 g/mol. The summed E-state index contributed by atoms with van der Waals surface area (Å²) >= 11 is 0. The van der Waals surface area contributed by atoms with Crippen LogP contribution in [0.1, 0.15) is 11.1 Å². The van der Waals surface area contributed by atoms with Crippen LogP contribution in [-0.4, -0.2) is 20.2 Å². The molecule has 0 aliphatic carbocycles. The Morgan fingerprint density at radius 1 is 1.53 bits per heavy atom. The third-order valence-corrected chi connectivity index (χ3v) is 2.08. The number of nitrogens with one attached hydrogen (secondary N) is 2. The summed E-state index contributed by atoms with van der Waals surface area (Å²) in [5.74, 6) is 0.813. The van der Waals surface area contributed by atoms with Gasteiger partial charge in [-0.05, 0) is 24.1 Å². The van der Waals surface area contributed by atoms with Crippen LogP contribution in [0.3, 0.4) is 0 Å². The Hall–Kier alpha value is -2.11. The van der Waals surface area contributed by atoms with E-state index in [2.05, 4.69) is 25.5 Å². The van der Waals surface area contributed by atoms with Gasteiger partial charge in [-0.25, -0.2) is 5.10 Å². The molecule has 2 aromatic rings. The third kappa shape index (κ3) is 2.22. The number of aryl methyl sites for hydroxylation is 1. The molecule has 6 nitrogen and oxygen atoms in total. The molecule has 0 bridgehead atoms. The van der Waals surface area contributed by atoms with Gasteiger partial charge in [0.15, 0.2) is 0 Å². The van der Waals surface area contributed by atoms with E-state index >= 15 is 0 Å². The van der Waals surface area contributed by atoms with E-state index in [1.54, 1.807) is 6.20 Å². The number of hydrogen-bond acceptors (Lipinski definition) is 5. The first-order valence-electron chi connectivity index (χ1n) is 4.57. The van der Waals surface area contributed by atoms with E-state index in [9.17, 15) is 0 Å². The average Bonchev–Trinajstić information content (AvgIpc) is 2.63. The number of anilines is 2. The van der Waals surface area contributed by atoms with Crippen LogP contribution in [0, 0.1) is 6.92 Å². The van der Waals surface area contributed by atoms with Gasteiger partial charge in [0.05, 0.1) is 0 Å². The third-order valence-electron chi connectivity index (χ3n) is 2.08. The van der Waals surface area contributed by atoms with Crippen LogP contribution in [0.4, 0.5) is 11.9 Å². The molecular formula is C9H12N6. The van der Waals surface area contributed by atoms with Crippen molar-refractivity contribution >= 4 is 11.9 Å². The van der Waals surface area contributed by atoms with Crippen molar-refractivity contribution in [1.82, 2.24) is 20.2 Å². The Labute approximate surface area is 86.9 Å². The van der Waals surface area contributed by atoms with Gasteiger partial charge in [0.25, 0.3) is 0 Å². The highest BCUT2D eigenvalue weighted by Gasteiger charge is 2.01. The molecule has 6 heteroatoms. The highest BCUT2D eigenvalue weighted by Crippen LogP contribution is 2.07. The van der Waals surface area contributed by atoms with Crippen LogP contribution < -0.4 is 11.1 Å². The molecule has 0 spiro atoms. The molecule has 2 rings (SSSR count). The van der Waals surface area contributed by atoms with Gasteiger partial charge < -0.3 is 11.1 Å². The van der Waals surface area contributed by atoms with Gasteiger partial charge in [-0.1, -0.05) is 0 Å². The predicted octanol–water partition coefficient (Wildman–Crippen LogP) is 0.702. The molecule has 0 radical (unpaired) electrons. The van der Waals surface area contributed by atoms with Gasteiger partial charge in [0.1, 0.15) is 0 Å². The van der Waals surface area contributed by atoms with Gasteiger partial charge in [-0.15, -0.1) is 5.10 Å². The number of nitrogens with two attached hydrogens (primary N) is 1. The fraction of sp³-hybridized carbons (Fsp3) is 0.222. The van der Waals surface area contributed by atoms with Crippen molar-refractivity contribution in [3.63, 3.8) is 0 Å². The fourth-order valence-corrected chi connectivity index (χ4v) is 1.23. The number of rotatable bonds is 3. The lowest BCUT2D eigenvalue weighted by Gasteiger charge is -2.04. The van der Waals surface area contributed by atoms with Crippen molar-refractivity contribution < 1.29 is 0 Å². The average molecular weight is 204 g/mol. The van der Waals surface area contributed by atoms with Crippen LogP contribution >= 0.6 is 0 Å². The molecule has 0 aliphatic heterocycles. The van der Waals surface area contributed by atoms with E-state index in [-0.39, 0.29) is 0 Å². The fourth-order valence-electron chi connectivity index (χ4n) is 1.23. The zero-order chi connectivity index (χ0) is 10.7. The second-order valence-electron chi connectivity index (χ2n) is 3.20. The van der Waals surface area contributed by atoms with Gasteiger partial charge >= 0.3 is 0 Å². The minimum absolute atomic E-state index is 0.309. The summed E-state index contributed by atoms with van der Waals surface area (Å²) in [5.41, 5.74) is 7.69. The molecule has 0 unspecified atom stereocenters. The Bertz CT molecular complexity index is 449. The normalized spacial score (nSPS) is 10.2. The number of aromatic nitrogens is 4. The summed E-state index contributed by atoms with van der Waals surface area (Å²) in [4.78, 5) is 7.96. The topological polar surface area (TPSA) is 92.5 Å². The van der Waals surface area contributed by atoms with E-state index in [1.807, 2.05) is 19.2 Å². The van der Waals surface area contributed by atoms with Crippen LogP contribution in [0.2, 0.25) is 0 Å². The molecular weight excluding hydrogens is 192 g/mol. The molecule has 0 aliphatic rings. The maximum Gasteiger partial charge on any atom is 0.243 e. The maximum atomic E-state index is 5.40. The standard InChI is InChI=1S/C9H12N6/c1-6-4-11-3-2-7(6)5-12-9-13-8(10)14-15-9/h2-4H,5H2,1H3,(H4,10,12,13,14,15). The van der Waals surface area contributed by atoms with E-state index in [0.29, 0.717) is 18.4 Å². The molecule has 15 heavy (non-hydrogen) atoms. The maximum absolute atomic E-state index is 5.40. The lowest BCUT2D eigenvalue weighted by atomic mass is 10.1. The highest BCUT2D eigenvalue weighted by atomic mass is 15.3. The number of pyridine rings is 1. The Morgan fingerprint density at radius 3 is 3.07 bits per heavy atom. The lowest BCUT2D eigenvalue weighted by molar-refractivity contribution is 1.03. The molecule has 2 heterocycles. The minimum atomic E-state index is 0.309. The van der Waals surface area contributed by atoms with Crippen molar-refractivity contribution in [2.45, 2.75) is 13.5 Å². The van der Waals surface area contributed by atoms with Crippen molar-refractivity contribution in [3.05, 3.63) is 29.6 Å². The van der Waals surface area contributed by atoms with Gasteiger partial charge in [0.2, 0.25) is 11.9 Å². The first kappa shape index (κ1) is 9.45. The molecule has 0 aromatic carbocycles. The second-order valence-corrected chi connectivity index (χ2v) is 3.20. The van der Waals surface area contributed by atoms with Crippen LogP contribution in [0.5, 0.6) is 0 Å². The van der Waals surface area contributed by atoms with E-state index in [1.165, 1.54) is 0 Å². The largest absolute Gasteiger partial charge is 0.368 e. The van der Waals surface area contributed by atoms with Crippen molar-refractivity contribution in [2.75, 3.05) is 11.1 Å². The minimum Gasteiger partial charge on any atom is -0.368 e.